The van der Waals surface area contributed by atoms with Crippen molar-refractivity contribution in [3.05, 3.63) is 0 Å². The third kappa shape index (κ3) is 3.71. The van der Waals surface area contributed by atoms with Gasteiger partial charge in [-0.2, -0.15) is 0 Å². The Bertz CT molecular complexity index is 268. The van der Waals surface area contributed by atoms with Gasteiger partial charge in [0.1, 0.15) is 10.4 Å². The molecule has 18 heavy (non-hydrogen) atoms. The van der Waals surface area contributed by atoms with Crippen LogP contribution in [-0.2, 0) is 0 Å². The van der Waals surface area contributed by atoms with Gasteiger partial charge in [0.05, 0.1) is 12.2 Å². The lowest BCUT2D eigenvalue weighted by molar-refractivity contribution is -0.112. The highest BCUT2D eigenvalue weighted by Gasteiger charge is 2.36. The lowest BCUT2D eigenvalue weighted by atomic mass is 9.87. The summed E-state index contributed by atoms with van der Waals surface area (Å²) >= 11 is 12.2. The second kappa shape index (κ2) is 5.81. The van der Waals surface area contributed by atoms with E-state index in [1.54, 1.807) is 0 Å². The number of aliphatic hydroxyl groups excluding tert-OH is 3. The summed E-state index contributed by atoms with van der Waals surface area (Å²) in [6.07, 6.45) is 0.780. The molecule has 2 rings (SSSR count). The van der Waals surface area contributed by atoms with Crippen molar-refractivity contribution in [2.75, 3.05) is 19.6 Å². The first kappa shape index (κ1) is 14.8. The number of hydrogen-bond donors (Lipinski definition) is 3. The molecule has 0 spiro atoms. The number of β-amino-alcohol motifs (C(OH)–C–C–N with tert-alkyl or cyclic N) is 2. The summed E-state index contributed by atoms with van der Waals surface area (Å²) in [5.74, 6) is 0.505. The number of aliphatic hydroxyl groups is 3. The Morgan fingerprint density at radius 1 is 1.00 bits per heavy atom. The first-order chi connectivity index (χ1) is 8.37. The van der Waals surface area contributed by atoms with Crippen molar-refractivity contribution in [2.24, 2.45) is 5.92 Å². The van der Waals surface area contributed by atoms with E-state index in [0.717, 1.165) is 32.2 Å². The summed E-state index contributed by atoms with van der Waals surface area (Å²) < 4.78 is -0.576. The van der Waals surface area contributed by atoms with Gasteiger partial charge in [-0.05, 0) is 31.6 Å². The van der Waals surface area contributed by atoms with E-state index in [2.05, 4.69) is 0 Å². The van der Waals surface area contributed by atoms with Gasteiger partial charge >= 0.3 is 0 Å². The van der Waals surface area contributed by atoms with E-state index in [1.165, 1.54) is 0 Å². The predicted octanol–water partition coefficient (Wildman–Crippen LogP) is 0.749. The Kier molecular flexibility index (Phi) is 4.79. The van der Waals surface area contributed by atoms with E-state index in [9.17, 15) is 15.3 Å². The first-order valence-electron chi connectivity index (χ1n) is 6.52. The van der Waals surface area contributed by atoms with Crippen LogP contribution in [0.15, 0.2) is 0 Å². The summed E-state index contributed by atoms with van der Waals surface area (Å²) in [5, 5.41) is 28.8. The third-order valence-electron chi connectivity index (χ3n) is 4.03. The fourth-order valence-corrected chi connectivity index (χ4v) is 3.31. The Balaban J connectivity index is 1.80. The van der Waals surface area contributed by atoms with Crippen LogP contribution in [0.3, 0.4) is 0 Å². The predicted molar refractivity (Wildman–Crippen MR) is 70.9 cm³/mol. The van der Waals surface area contributed by atoms with Gasteiger partial charge in [-0.25, -0.2) is 0 Å². The van der Waals surface area contributed by atoms with Crippen molar-refractivity contribution in [3.8, 4) is 0 Å². The van der Waals surface area contributed by atoms with Crippen LogP contribution in [0.2, 0.25) is 0 Å². The van der Waals surface area contributed by atoms with Crippen LogP contribution in [0.25, 0.3) is 0 Å². The van der Waals surface area contributed by atoms with Crippen LogP contribution in [-0.4, -0.2) is 62.5 Å². The van der Waals surface area contributed by atoms with Gasteiger partial charge in [-0.3, -0.25) is 4.90 Å². The smallest absolute Gasteiger partial charge is 0.118 e. The topological polar surface area (TPSA) is 63.9 Å². The molecule has 0 bridgehead atoms. The highest BCUT2D eigenvalue weighted by Crippen LogP contribution is 2.40. The van der Waals surface area contributed by atoms with Gasteiger partial charge in [0.25, 0.3) is 0 Å². The number of halogens is 2. The number of piperidine rings is 1. The summed E-state index contributed by atoms with van der Waals surface area (Å²) in [5.41, 5.74) is 0. The van der Waals surface area contributed by atoms with Gasteiger partial charge in [-0.1, -0.05) is 0 Å². The van der Waals surface area contributed by atoms with Crippen molar-refractivity contribution in [2.45, 2.75) is 48.3 Å². The molecule has 3 N–H and O–H groups in total. The zero-order chi connectivity index (χ0) is 13.3. The van der Waals surface area contributed by atoms with E-state index in [0.29, 0.717) is 19.0 Å². The molecule has 6 heteroatoms. The maximum Gasteiger partial charge on any atom is 0.118 e. The molecule has 0 aromatic heterocycles. The van der Waals surface area contributed by atoms with E-state index < -0.39 is 22.6 Å². The molecule has 0 radical (unpaired) electrons. The van der Waals surface area contributed by atoms with Crippen molar-refractivity contribution >= 4 is 23.2 Å². The monoisotopic (exact) mass is 297 g/mol. The van der Waals surface area contributed by atoms with Gasteiger partial charge in [0.15, 0.2) is 0 Å². The fraction of sp³-hybridized carbons (Fsp3) is 1.00. The highest BCUT2D eigenvalue weighted by atomic mass is 35.5. The van der Waals surface area contributed by atoms with E-state index in [1.807, 2.05) is 4.90 Å². The maximum absolute atomic E-state index is 9.64. The maximum atomic E-state index is 9.64. The molecule has 1 aliphatic heterocycles. The molecule has 2 atom stereocenters. The first-order valence-corrected chi connectivity index (χ1v) is 7.27. The lowest BCUT2D eigenvalue weighted by Gasteiger charge is -2.40. The molecule has 106 valence electrons. The average molecular weight is 298 g/mol. The van der Waals surface area contributed by atoms with Crippen molar-refractivity contribution < 1.29 is 15.3 Å². The molecule has 1 saturated heterocycles. The summed E-state index contributed by atoms with van der Waals surface area (Å²) in [6.45, 7) is 1.66. The van der Waals surface area contributed by atoms with Crippen LogP contribution >= 0.6 is 23.2 Å². The fourth-order valence-electron chi connectivity index (χ4n) is 2.87. The minimum Gasteiger partial charge on any atom is -0.389 e. The zero-order valence-corrected chi connectivity index (χ0v) is 11.8. The van der Waals surface area contributed by atoms with Crippen molar-refractivity contribution in [3.63, 3.8) is 0 Å². The second-order valence-electron chi connectivity index (χ2n) is 5.64. The van der Waals surface area contributed by atoms with Gasteiger partial charge in [0, 0.05) is 19.6 Å². The molecule has 2 unspecified atom stereocenters. The Morgan fingerprint density at radius 3 is 2.00 bits per heavy atom. The molecule has 0 amide bonds. The lowest BCUT2D eigenvalue weighted by Crippen LogP contribution is -2.56. The summed E-state index contributed by atoms with van der Waals surface area (Å²) in [7, 11) is 0. The van der Waals surface area contributed by atoms with Crippen molar-refractivity contribution in [1.29, 1.82) is 0 Å². The minimum absolute atomic E-state index is 0.418. The van der Waals surface area contributed by atoms with E-state index in [4.69, 9.17) is 23.2 Å². The van der Waals surface area contributed by atoms with Crippen LogP contribution in [0.1, 0.15) is 25.7 Å². The average Bonchev–Trinajstić information content (AvgIpc) is 2.29. The van der Waals surface area contributed by atoms with Crippen LogP contribution in [0, 0.1) is 5.92 Å². The van der Waals surface area contributed by atoms with Gasteiger partial charge < -0.3 is 15.3 Å². The van der Waals surface area contributed by atoms with Gasteiger partial charge in [-0.15, -0.1) is 23.2 Å². The van der Waals surface area contributed by atoms with E-state index >= 15 is 0 Å². The standard InChI is InChI=1S/C12H21Cl2NO3/c13-12(14)3-1-8(2-4-12)5-15-6-9(16)11(18)10(17)7-15/h8-11,16-18H,1-7H2. The summed E-state index contributed by atoms with van der Waals surface area (Å²) in [4.78, 5) is 2.02. The number of alkyl halides is 2. The normalized spacial score (nSPS) is 38.8. The molecule has 0 aromatic carbocycles. The van der Waals surface area contributed by atoms with Crippen LogP contribution < -0.4 is 0 Å². The third-order valence-corrected chi connectivity index (χ3v) is 4.79. The van der Waals surface area contributed by atoms with E-state index in [-0.39, 0.29) is 0 Å². The Morgan fingerprint density at radius 2 is 1.50 bits per heavy atom. The quantitative estimate of drug-likeness (QED) is 0.658. The largest absolute Gasteiger partial charge is 0.389 e. The highest BCUT2D eigenvalue weighted by molar-refractivity contribution is 6.48. The van der Waals surface area contributed by atoms with Crippen LogP contribution in [0.4, 0.5) is 0 Å². The molecule has 2 fully saturated rings. The number of likely N-dealkylation sites (tertiary alicyclic amines) is 1. The molecular weight excluding hydrogens is 277 g/mol. The molecule has 1 saturated carbocycles. The Hall–Kier alpha value is 0.420. The SMILES string of the molecule is OC1CN(CC2CCC(Cl)(Cl)CC2)CC(O)C1O. The summed E-state index contributed by atoms with van der Waals surface area (Å²) in [6, 6.07) is 0. The van der Waals surface area contributed by atoms with Crippen molar-refractivity contribution in [1.82, 2.24) is 4.90 Å². The van der Waals surface area contributed by atoms with Gasteiger partial charge in [0.2, 0.25) is 0 Å². The van der Waals surface area contributed by atoms with Crippen LogP contribution in [0.5, 0.6) is 0 Å². The second-order valence-corrected chi connectivity index (χ2v) is 7.28. The minimum atomic E-state index is -1.02. The number of nitrogens with zero attached hydrogens (tertiary/aromatic N) is 1. The Labute approximate surface area is 117 Å². The molecular formula is C12H21Cl2NO3. The molecule has 2 aliphatic rings. The molecule has 1 heterocycles. The number of rotatable bonds is 2. The zero-order valence-electron chi connectivity index (χ0n) is 10.3. The molecule has 0 aromatic rings. The number of hydrogen-bond acceptors (Lipinski definition) is 4. The molecule has 1 aliphatic carbocycles. The molecule has 4 nitrogen and oxygen atoms in total.